The van der Waals surface area contributed by atoms with Gasteiger partial charge in [-0.05, 0) is 18.6 Å². The van der Waals surface area contributed by atoms with Crippen molar-refractivity contribution in [2.75, 3.05) is 0 Å². The normalized spacial score (nSPS) is 17.6. The summed E-state index contributed by atoms with van der Waals surface area (Å²) in [5.41, 5.74) is 1.80. The zero-order chi connectivity index (χ0) is 17.1. The molecule has 1 unspecified atom stereocenters. The van der Waals surface area contributed by atoms with Crippen LogP contribution in [0.5, 0.6) is 0 Å². The quantitative estimate of drug-likeness (QED) is 0.620. The number of nitrogens with zero attached hydrogens (tertiary/aromatic N) is 1. The monoisotopic (exact) mass is 351 g/mol. The third kappa shape index (κ3) is 3.96. The minimum absolute atomic E-state index is 0.0440. The van der Waals surface area contributed by atoms with E-state index in [0.717, 1.165) is 27.8 Å². The van der Waals surface area contributed by atoms with Gasteiger partial charge in [0.15, 0.2) is 0 Å². The first-order chi connectivity index (χ1) is 10.8. The van der Waals surface area contributed by atoms with Gasteiger partial charge < -0.3 is 10.2 Å². The van der Waals surface area contributed by atoms with Gasteiger partial charge in [0, 0.05) is 0 Å². The summed E-state index contributed by atoms with van der Waals surface area (Å²) in [5, 5.41) is 18.0. The summed E-state index contributed by atoms with van der Waals surface area (Å²) < 4.78 is 0.0440. The Balaban J connectivity index is 2.32. The lowest BCUT2D eigenvalue weighted by Crippen LogP contribution is -2.45. The van der Waals surface area contributed by atoms with E-state index in [1.54, 1.807) is 6.08 Å². The number of hydrogen-bond acceptors (Lipinski definition) is 5. The van der Waals surface area contributed by atoms with Gasteiger partial charge in [0.2, 0.25) is 0 Å². The van der Waals surface area contributed by atoms with Crippen LogP contribution in [0.15, 0.2) is 29.2 Å². The highest BCUT2D eigenvalue weighted by Crippen LogP contribution is 2.34. The molecule has 1 atom stereocenters. The van der Waals surface area contributed by atoms with Gasteiger partial charge in [-0.25, -0.2) is 4.79 Å². The van der Waals surface area contributed by atoms with Crippen molar-refractivity contribution < 1.29 is 24.6 Å². The first kappa shape index (κ1) is 17.2. The van der Waals surface area contributed by atoms with Crippen molar-refractivity contribution in [1.82, 2.24) is 4.90 Å². The second-order valence-corrected chi connectivity index (χ2v) is 6.59. The number of carbonyl (C=O) groups excluding carboxylic acids is 1. The summed E-state index contributed by atoms with van der Waals surface area (Å²) in [6, 6.07) is 5.93. The molecule has 1 aromatic carbocycles. The van der Waals surface area contributed by atoms with E-state index in [1.807, 2.05) is 31.2 Å². The fourth-order valence-corrected chi connectivity index (χ4v) is 3.47. The van der Waals surface area contributed by atoms with Gasteiger partial charge in [0.05, 0.1) is 11.3 Å². The van der Waals surface area contributed by atoms with Gasteiger partial charge in [-0.3, -0.25) is 14.5 Å². The van der Waals surface area contributed by atoms with Crippen LogP contribution < -0.4 is 0 Å². The van der Waals surface area contributed by atoms with Gasteiger partial charge in [-0.1, -0.05) is 53.8 Å². The summed E-state index contributed by atoms with van der Waals surface area (Å²) in [4.78, 5) is 35.7. The average Bonchev–Trinajstić information content (AvgIpc) is 2.71. The number of aryl methyl sites for hydroxylation is 1. The van der Waals surface area contributed by atoms with Crippen molar-refractivity contribution in [1.29, 1.82) is 0 Å². The zero-order valence-corrected chi connectivity index (χ0v) is 13.7. The average molecular weight is 351 g/mol. The summed E-state index contributed by atoms with van der Waals surface area (Å²) >= 11 is 6.02. The van der Waals surface area contributed by atoms with Crippen LogP contribution in [0.1, 0.15) is 17.5 Å². The van der Waals surface area contributed by atoms with E-state index in [9.17, 15) is 19.5 Å². The molecule has 0 radical (unpaired) electrons. The number of aliphatic carboxylic acids is 2. The molecule has 2 rings (SSSR count). The molecule has 1 heterocycles. The maximum Gasteiger partial charge on any atom is 0.327 e. The molecule has 6 nitrogen and oxygen atoms in total. The first-order valence-corrected chi connectivity index (χ1v) is 7.80. The Labute approximate surface area is 141 Å². The number of carboxylic acids is 2. The Morgan fingerprint density at radius 3 is 2.65 bits per heavy atom. The maximum absolute atomic E-state index is 12.4. The number of thiocarbonyl (C=S) groups is 1. The van der Waals surface area contributed by atoms with Crippen LogP contribution >= 0.6 is 24.0 Å². The van der Waals surface area contributed by atoms with Crippen LogP contribution in [0.4, 0.5) is 0 Å². The van der Waals surface area contributed by atoms with Crippen molar-refractivity contribution in [3.8, 4) is 0 Å². The summed E-state index contributed by atoms with van der Waals surface area (Å²) in [6.07, 6.45) is 0.908. The fraction of sp³-hybridized carbons (Fsp3) is 0.200. The first-order valence-electron chi connectivity index (χ1n) is 6.58. The van der Waals surface area contributed by atoms with Crippen LogP contribution in [0.3, 0.4) is 0 Å². The standard InChI is InChI=1S/C15H13NO5S2/c1-8-3-2-4-9(5-8)6-11-13(19)16(15(22)23-11)10(14(20)21)7-12(17)18/h2-6,10H,7H2,1H3,(H,17,18)(H,20,21)/b11-6+. The predicted molar refractivity (Wildman–Crippen MR) is 89.9 cm³/mol. The third-order valence-electron chi connectivity index (χ3n) is 3.13. The Hall–Kier alpha value is -2.19. The number of rotatable bonds is 5. The lowest BCUT2D eigenvalue weighted by atomic mass is 10.1. The summed E-state index contributed by atoms with van der Waals surface area (Å²) in [5.74, 6) is -3.30. The SMILES string of the molecule is Cc1cccc(/C=C2/SC(=S)N(C(CC(=O)O)C(=O)O)C2=O)c1. The van der Waals surface area contributed by atoms with E-state index in [4.69, 9.17) is 17.3 Å². The van der Waals surface area contributed by atoms with Crippen LogP contribution in [-0.2, 0) is 14.4 Å². The molecule has 1 fully saturated rings. The Bertz CT molecular complexity index is 728. The minimum atomic E-state index is -1.51. The molecular formula is C15H13NO5S2. The Morgan fingerprint density at radius 1 is 1.39 bits per heavy atom. The zero-order valence-electron chi connectivity index (χ0n) is 12.1. The molecule has 0 bridgehead atoms. The van der Waals surface area contributed by atoms with E-state index in [0.29, 0.717) is 0 Å². The van der Waals surface area contributed by atoms with Crippen molar-refractivity contribution in [2.24, 2.45) is 0 Å². The lowest BCUT2D eigenvalue weighted by molar-refractivity contribution is -0.150. The molecule has 1 saturated heterocycles. The van der Waals surface area contributed by atoms with Crippen LogP contribution in [0.2, 0.25) is 0 Å². The Morgan fingerprint density at radius 2 is 2.09 bits per heavy atom. The van der Waals surface area contributed by atoms with Gasteiger partial charge in [-0.15, -0.1) is 0 Å². The number of hydrogen-bond donors (Lipinski definition) is 2. The number of amides is 1. The van der Waals surface area contributed by atoms with E-state index >= 15 is 0 Å². The fourth-order valence-electron chi connectivity index (χ4n) is 2.11. The summed E-state index contributed by atoms with van der Waals surface area (Å²) in [6.45, 7) is 1.91. The lowest BCUT2D eigenvalue weighted by Gasteiger charge is -2.21. The molecule has 2 N–H and O–H groups in total. The molecule has 1 aromatic rings. The highest BCUT2D eigenvalue weighted by atomic mass is 32.2. The number of benzene rings is 1. The molecular weight excluding hydrogens is 338 g/mol. The van der Waals surface area contributed by atoms with Gasteiger partial charge in [-0.2, -0.15) is 0 Å². The second kappa shape index (κ2) is 6.93. The smallest absolute Gasteiger partial charge is 0.327 e. The third-order valence-corrected chi connectivity index (χ3v) is 4.46. The van der Waals surface area contributed by atoms with E-state index < -0.39 is 30.3 Å². The van der Waals surface area contributed by atoms with Crippen molar-refractivity contribution >= 4 is 52.2 Å². The van der Waals surface area contributed by atoms with Crippen LogP contribution in [0, 0.1) is 6.92 Å². The molecule has 1 aliphatic rings. The highest BCUT2D eigenvalue weighted by molar-refractivity contribution is 8.26. The van der Waals surface area contributed by atoms with E-state index in [1.165, 1.54) is 0 Å². The number of thioether (sulfide) groups is 1. The van der Waals surface area contributed by atoms with E-state index in [-0.39, 0.29) is 9.23 Å². The molecule has 23 heavy (non-hydrogen) atoms. The number of carboxylic acid groups (broad SMARTS) is 2. The van der Waals surface area contributed by atoms with Gasteiger partial charge >= 0.3 is 11.9 Å². The van der Waals surface area contributed by atoms with Crippen molar-refractivity contribution in [3.63, 3.8) is 0 Å². The van der Waals surface area contributed by atoms with Gasteiger partial charge in [0.25, 0.3) is 5.91 Å². The molecule has 1 amide bonds. The molecule has 1 aliphatic heterocycles. The van der Waals surface area contributed by atoms with Crippen LogP contribution in [0.25, 0.3) is 6.08 Å². The molecule has 0 aromatic heterocycles. The molecule has 8 heteroatoms. The highest BCUT2D eigenvalue weighted by Gasteiger charge is 2.41. The van der Waals surface area contributed by atoms with Crippen molar-refractivity contribution in [2.45, 2.75) is 19.4 Å². The molecule has 120 valence electrons. The second-order valence-electron chi connectivity index (χ2n) is 4.92. The van der Waals surface area contributed by atoms with E-state index in [2.05, 4.69) is 0 Å². The maximum atomic E-state index is 12.4. The topological polar surface area (TPSA) is 94.9 Å². The van der Waals surface area contributed by atoms with Crippen LogP contribution in [-0.4, -0.2) is 43.3 Å². The Kier molecular flexibility index (Phi) is 5.17. The van der Waals surface area contributed by atoms with Gasteiger partial charge in [0.1, 0.15) is 10.4 Å². The molecule has 0 saturated carbocycles. The predicted octanol–water partition coefficient (Wildman–Crippen LogP) is 2.12. The number of carbonyl (C=O) groups is 3. The summed E-state index contributed by atoms with van der Waals surface area (Å²) in [7, 11) is 0. The largest absolute Gasteiger partial charge is 0.481 e. The van der Waals surface area contributed by atoms with Crippen molar-refractivity contribution in [3.05, 3.63) is 40.3 Å². The minimum Gasteiger partial charge on any atom is -0.481 e. The molecule has 0 aliphatic carbocycles. The molecule has 0 spiro atoms.